The number of hydrogen-bond donors (Lipinski definition) is 2. The number of rotatable bonds is 4. The predicted molar refractivity (Wildman–Crippen MR) is 58.8 cm³/mol. The Balaban J connectivity index is 2.41. The lowest BCUT2D eigenvalue weighted by Crippen LogP contribution is -2.15. The molecule has 88 valence electrons. The van der Waals surface area contributed by atoms with Crippen LogP contribution >= 0.6 is 0 Å². The quantitative estimate of drug-likeness (QED) is 0.793. The highest BCUT2D eigenvalue weighted by Gasteiger charge is 2.27. The molecule has 6 nitrogen and oxygen atoms in total. The van der Waals surface area contributed by atoms with Crippen LogP contribution in [-0.4, -0.2) is 26.6 Å². The van der Waals surface area contributed by atoms with Crippen molar-refractivity contribution < 1.29 is 13.2 Å². The Hall–Kier alpha value is -1.34. The maximum absolute atomic E-state index is 11.3. The summed E-state index contributed by atoms with van der Waals surface area (Å²) in [6, 6.07) is 1.54. The topological polar surface area (TPSA) is 94.3 Å². The molecule has 1 heterocycles. The first-order chi connectivity index (χ1) is 7.50. The number of aromatic nitrogens is 1. The summed E-state index contributed by atoms with van der Waals surface area (Å²) in [5.74, 6) is 0.812. The molecule has 16 heavy (non-hydrogen) atoms. The Morgan fingerprint density at radius 3 is 2.75 bits per heavy atom. The summed E-state index contributed by atoms with van der Waals surface area (Å²) >= 11 is 0. The highest BCUT2D eigenvalue weighted by atomic mass is 32.2. The SMILES string of the molecule is CNc1cc(OC2CC2)c(S(N)(=O)=O)cn1. The van der Waals surface area contributed by atoms with E-state index in [1.54, 1.807) is 7.05 Å². The first kappa shape index (κ1) is 11.2. The van der Waals surface area contributed by atoms with E-state index in [0.29, 0.717) is 5.82 Å². The molecule has 1 aromatic rings. The number of nitrogens with zero attached hydrogens (tertiary/aromatic N) is 1. The Morgan fingerprint density at radius 2 is 2.25 bits per heavy atom. The lowest BCUT2D eigenvalue weighted by Gasteiger charge is -2.10. The van der Waals surface area contributed by atoms with Crippen LogP contribution in [0.2, 0.25) is 0 Å². The molecular weight excluding hydrogens is 230 g/mol. The molecule has 2 rings (SSSR count). The number of anilines is 1. The summed E-state index contributed by atoms with van der Waals surface area (Å²) in [7, 11) is -2.10. The largest absolute Gasteiger partial charge is 0.489 e. The van der Waals surface area contributed by atoms with Crippen molar-refractivity contribution in [3.8, 4) is 5.75 Å². The van der Waals surface area contributed by atoms with Gasteiger partial charge in [-0.15, -0.1) is 0 Å². The molecule has 7 heteroatoms. The molecule has 1 saturated carbocycles. The molecule has 1 aromatic heterocycles. The van der Waals surface area contributed by atoms with E-state index >= 15 is 0 Å². The number of nitrogens with two attached hydrogens (primary N) is 1. The van der Waals surface area contributed by atoms with Gasteiger partial charge in [0, 0.05) is 13.1 Å². The number of primary sulfonamides is 1. The molecule has 1 fully saturated rings. The Morgan fingerprint density at radius 1 is 1.56 bits per heavy atom. The fourth-order valence-corrected chi connectivity index (χ4v) is 1.82. The van der Waals surface area contributed by atoms with Gasteiger partial charge in [-0.3, -0.25) is 0 Å². The molecule has 1 aliphatic rings. The zero-order chi connectivity index (χ0) is 11.8. The minimum Gasteiger partial charge on any atom is -0.489 e. The van der Waals surface area contributed by atoms with Gasteiger partial charge in [0.1, 0.15) is 16.5 Å². The summed E-state index contributed by atoms with van der Waals surface area (Å²) < 4.78 is 28.1. The van der Waals surface area contributed by atoms with Crippen molar-refractivity contribution in [2.75, 3.05) is 12.4 Å². The van der Waals surface area contributed by atoms with E-state index in [0.717, 1.165) is 12.8 Å². The van der Waals surface area contributed by atoms with E-state index in [9.17, 15) is 8.42 Å². The molecular formula is C9H13N3O3S. The number of nitrogens with one attached hydrogen (secondary N) is 1. The smallest absolute Gasteiger partial charge is 0.243 e. The maximum atomic E-state index is 11.3. The molecule has 0 bridgehead atoms. The Labute approximate surface area is 93.9 Å². The van der Waals surface area contributed by atoms with Gasteiger partial charge in [0.15, 0.2) is 0 Å². The average molecular weight is 243 g/mol. The van der Waals surface area contributed by atoms with Crippen LogP contribution in [0.15, 0.2) is 17.2 Å². The van der Waals surface area contributed by atoms with Crippen molar-refractivity contribution >= 4 is 15.8 Å². The molecule has 0 saturated heterocycles. The minimum absolute atomic E-state index is 0.0709. The van der Waals surface area contributed by atoms with Gasteiger partial charge >= 0.3 is 0 Å². The fraction of sp³-hybridized carbons (Fsp3) is 0.444. The maximum Gasteiger partial charge on any atom is 0.243 e. The number of sulfonamides is 1. The third-order valence-corrected chi connectivity index (χ3v) is 3.13. The molecule has 0 radical (unpaired) electrons. The Kier molecular flexibility index (Phi) is 2.73. The van der Waals surface area contributed by atoms with E-state index in [4.69, 9.17) is 9.88 Å². The lowest BCUT2D eigenvalue weighted by atomic mass is 10.4. The lowest BCUT2D eigenvalue weighted by molar-refractivity contribution is 0.295. The average Bonchev–Trinajstić information content (AvgIpc) is 3.00. The van der Waals surface area contributed by atoms with Crippen LogP contribution in [0.5, 0.6) is 5.75 Å². The molecule has 0 aromatic carbocycles. The van der Waals surface area contributed by atoms with E-state index in [2.05, 4.69) is 10.3 Å². The van der Waals surface area contributed by atoms with Crippen LogP contribution in [0.4, 0.5) is 5.82 Å². The summed E-state index contributed by atoms with van der Waals surface area (Å²) in [5, 5.41) is 7.89. The summed E-state index contributed by atoms with van der Waals surface area (Å²) in [6.45, 7) is 0. The van der Waals surface area contributed by atoms with E-state index < -0.39 is 10.0 Å². The number of ether oxygens (including phenoxy) is 1. The van der Waals surface area contributed by atoms with Crippen molar-refractivity contribution in [1.82, 2.24) is 4.98 Å². The summed E-state index contributed by atoms with van der Waals surface area (Å²) in [4.78, 5) is 3.83. The van der Waals surface area contributed by atoms with Crippen LogP contribution in [0.25, 0.3) is 0 Å². The molecule has 0 unspecified atom stereocenters. The summed E-state index contributed by atoms with van der Waals surface area (Å²) in [6.07, 6.45) is 3.20. The van der Waals surface area contributed by atoms with Crippen molar-refractivity contribution in [1.29, 1.82) is 0 Å². The van der Waals surface area contributed by atoms with Crippen molar-refractivity contribution in [2.24, 2.45) is 5.14 Å². The van der Waals surface area contributed by atoms with Crippen LogP contribution in [0.1, 0.15) is 12.8 Å². The van der Waals surface area contributed by atoms with Crippen LogP contribution in [-0.2, 0) is 10.0 Å². The van der Waals surface area contributed by atoms with Gasteiger partial charge in [0.05, 0.1) is 12.3 Å². The van der Waals surface area contributed by atoms with Gasteiger partial charge in [-0.1, -0.05) is 0 Å². The van der Waals surface area contributed by atoms with Gasteiger partial charge in [-0.25, -0.2) is 18.5 Å². The molecule has 0 amide bonds. The van der Waals surface area contributed by atoms with Gasteiger partial charge < -0.3 is 10.1 Å². The molecule has 0 atom stereocenters. The van der Waals surface area contributed by atoms with Crippen molar-refractivity contribution in [3.63, 3.8) is 0 Å². The third kappa shape index (κ3) is 2.42. The minimum atomic E-state index is -3.79. The second-order valence-electron chi connectivity index (χ2n) is 3.63. The zero-order valence-corrected chi connectivity index (χ0v) is 9.62. The van der Waals surface area contributed by atoms with Gasteiger partial charge in [-0.05, 0) is 12.8 Å². The fourth-order valence-electron chi connectivity index (χ4n) is 1.23. The van der Waals surface area contributed by atoms with Gasteiger partial charge in [-0.2, -0.15) is 0 Å². The van der Waals surface area contributed by atoms with E-state index in [1.165, 1.54) is 12.3 Å². The summed E-state index contributed by atoms with van der Waals surface area (Å²) in [5.41, 5.74) is 0. The van der Waals surface area contributed by atoms with E-state index in [-0.39, 0.29) is 16.7 Å². The number of hydrogen-bond acceptors (Lipinski definition) is 5. The standard InChI is InChI=1S/C9H13N3O3S/c1-11-9-4-7(15-6-2-3-6)8(5-12-9)16(10,13)14/h4-6H,2-3H2,1H3,(H,11,12)(H2,10,13,14). The zero-order valence-electron chi connectivity index (χ0n) is 8.80. The second-order valence-corrected chi connectivity index (χ2v) is 5.16. The molecule has 1 aliphatic carbocycles. The monoisotopic (exact) mass is 243 g/mol. The first-order valence-electron chi connectivity index (χ1n) is 4.88. The van der Waals surface area contributed by atoms with Crippen LogP contribution < -0.4 is 15.2 Å². The van der Waals surface area contributed by atoms with Crippen molar-refractivity contribution in [2.45, 2.75) is 23.8 Å². The van der Waals surface area contributed by atoms with Crippen molar-refractivity contribution in [3.05, 3.63) is 12.3 Å². The normalized spacial score (nSPS) is 15.9. The van der Waals surface area contributed by atoms with Crippen LogP contribution in [0.3, 0.4) is 0 Å². The molecule has 0 aliphatic heterocycles. The highest BCUT2D eigenvalue weighted by Crippen LogP contribution is 2.31. The third-order valence-electron chi connectivity index (χ3n) is 2.21. The first-order valence-corrected chi connectivity index (χ1v) is 6.42. The highest BCUT2D eigenvalue weighted by molar-refractivity contribution is 7.89. The van der Waals surface area contributed by atoms with Gasteiger partial charge in [0.25, 0.3) is 0 Å². The molecule has 3 N–H and O–H groups in total. The van der Waals surface area contributed by atoms with Crippen LogP contribution in [0, 0.1) is 0 Å². The van der Waals surface area contributed by atoms with Gasteiger partial charge in [0.2, 0.25) is 10.0 Å². The Bertz CT molecular complexity index is 497. The second kappa shape index (κ2) is 3.91. The predicted octanol–water partition coefficient (Wildman–Crippen LogP) is 0.312. The number of pyridine rings is 1. The molecule has 0 spiro atoms. The van der Waals surface area contributed by atoms with E-state index in [1.807, 2.05) is 0 Å².